The van der Waals surface area contributed by atoms with Gasteiger partial charge in [-0.05, 0) is 53.3 Å². The maximum atomic E-state index is 4.23. The Kier molecular flexibility index (Phi) is 3.58. The molecular formula is C11H11IN2S. The summed E-state index contributed by atoms with van der Waals surface area (Å²) in [5.74, 6) is 0. The average molecular weight is 330 g/mol. The van der Waals surface area contributed by atoms with E-state index in [1.54, 1.807) is 11.3 Å². The first-order valence-electron chi connectivity index (χ1n) is 4.63. The maximum Gasteiger partial charge on any atom is 0.0795 e. The third-order valence-electron chi connectivity index (χ3n) is 2.13. The number of benzene rings is 1. The van der Waals surface area contributed by atoms with Gasteiger partial charge in [0.05, 0.1) is 17.7 Å². The Morgan fingerprint density at radius 3 is 3.00 bits per heavy atom. The van der Waals surface area contributed by atoms with Crippen LogP contribution in [0.15, 0.2) is 29.1 Å². The topological polar surface area (TPSA) is 24.9 Å². The number of halogens is 1. The lowest BCUT2D eigenvalue weighted by atomic mass is 10.2. The molecule has 0 aliphatic carbocycles. The van der Waals surface area contributed by atoms with Crippen LogP contribution in [-0.4, -0.2) is 4.98 Å². The van der Waals surface area contributed by atoms with Crippen LogP contribution in [-0.2, 0) is 6.54 Å². The smallest absolute Gasteiger partial charge is 0.0795 e. The SMILES string of the molecule is Cc1cc(I)ccc1NCc1cscn1. The second-order valence-electron chi connectivity index (χ2n) is 3.29. The number of hydrogen-bond donors (Lipinski definition) is 1. The highest BCUT2D eigenvalue weighted by Gasteiger charge is 1.99. The molecule has 0 fully saturated rings. The van der Waals surface area contributed by atoms with E-state index < -0.39 is 0 Å². The van der Waals surface area contributed by atoms with Crippen LogP contribution in [0.1, 0.15) is 11.3 Å². The molecule has 1 aromatic heterocycles. The number of hydrogen-bond acceptors (Lipinski definition) is 3. The summed E-state index contributed by atoms with van der Waals surface area (Å²) in [6.07, 6.45) is 0. The Hall–Kier alpha value is -0.620. The van der Waals surface area contributed by atoms with E-state index in [1.807, 2.05) is 5.51 Å². The second kappa shape index (κ2) is 4.94. The van der Waals surface area contributed by atoms with Crippen LogP contribution in [0.25, 0.3) is 0 Å². The van der Waals surface area contributed by atoms with Crippen molar-refractivity contribution >= 4 is 39.6 Å². The van der Waals surface area contributed by atoms with Gasteiger partial charge in [-0.2, -0.15) is 0 Å². The first kappa shape index (κ1) is 10.9. The molecule has 0 atom stereocenters. The second-order valence-corrected chi connectivity index (χ2v) is 5.26. The van der Waals surface area contributed by atoms with Crippen molar-refractivity contribution in [3.8, 4) is 0 Å². The summed E-state index contributed by atoms with van der Waals surface area (Å²) in [5.41, 5.74) is 5.41. The third kappa shape index (κ3) is 2.92. The molecular weight excluding hydrogens is 319 g/mol. The lowest BCUT2D eigenvalue weighted by molar-refractivity contribution is 1.07. The Morgan fingerprint density at radius 1 is 1.47 bits per heavy atom. The van der Waals surface area contributed by atoms with E-state index in [9.17, 15) is 0 Å². The highest BCUT2D eigenvalue weighted by atomic mass is 127. The predicted octanol–water partition coefficient (Wildman–Crippen LogP) is 3.67. The van der Waals surface area contributed by atoms with Crippen molar-refractivity contribution in [2.75, 3.05) is 5.32 Å². The van der Waals surface area contributed by atoms with Crippen molar-refractivity contribution in [2.24, 2.45) is 0 Å². The number of nitrogens with zero attached hydrogens (tertiary/aromatic N) is 1. The van der Waals surface area contributed by atoms with E-state index in [0.29, 0.717) is 0 Å². The quantitative estimate of drug-likeness (QED) is 0.869. The highest BCUT2D eigenvalue weighted by molar-refractivity contribution is 14.1. The van der Waals surface area contributed by atoms with E-state index in [1.165, 1.54) is 14.8 Å². The van der Waals surface area contributed by atoms with Crippen molar-refractivity contribution in [1.29, 1.82) is 0 Å². The molecule has 1 aromatic carbocycles. The molecule has 15 heavy (non-hydrogen) atoms. The molecule has 0 amide bonds. The van der Waals surface area contributed by atoms with Gasteiger partial charge in [0.15, 0.2) is 0 Å². The van der Waals surface area contributed by atoms with Crippen LogP contribution >= 0.6 is 33.9 Å². The van der Waals surface area contributed by atoms with Crippen LogP contribution in [0.3, 0.4) is 0 Å². The van der Waals surface area contributed by atoms with Gasteiger partial charge in [0.25, 0.3) is 0 Å². The fraction of sp³-hybridized carbons (Fsp3) is 0.182. The summed E-state index contributed by atoms with van der Waals surface area (Å²) in [6, 6.07) is 6.39. The zero-order valence-corrected chi connectivity index (χ0v) is 11.3. The molecule has 0 saturated heterocycles. The summed E-state index contributed by atoms with van der Waals surface area (Å²) in [6.45, 7) is 2.91. The first-order chi connectivity index (χ1) is 7.25. The summed E-state index contributed by atoms with van der Waals surface area (Å²) >= 11 is 3.95. The molecule has 0 aliphatic rings. The minimum Gasteiger partial charge on any atom is -0.379 e. The zero-order chi connectivity index (χ0) is 10.7. The third-order valence-corrected chi connectivity index (χ3v) is 3.44. The van der Waals surface area contributed by atoms with Crippen molar-refractivity contribution in [3.05, 3.63) is 43.9 Å². The van der Waals surface area contributed by atoms with E-state index in [-0.39, 0.29) is 0 Å². The fourth-order valence-electron chi connectivity index (χ4n) is 1.34. The monoisotopic (exact) mass is 330 g/mol. The van der Waals surface area contributed by atoms with E-state index in [2.05, 4.69) is 63.4 Å². The van der Waals surface area contributed by atoms with Crippen molar-refractivity contribution in [3.63, 3.8) is 0 Å². The number of aromatic nitrogens is 1. The van der Waals surface area contributed by atoms with Gasteiger partial charge < -0.3 is 5.32 Å². The standard InChI is InChI=1S/C11H11IN2S/c1-8-4-9(12)2-3-11(8)13-5-10-6-15-7-14-10/h2-4,6-7,13H,5H2,1H3. The lowest BCUT2D eigenvalue weighted by Crippen LogP contribution is -2.01. The molecule has 78 valence electrons. The number of thiazole rings is 1. The van der Waals surface area contributed by atoms with Crippen molar-refractivity contribution < 1.29 is 0 Å². The lowest BCUT2D eigenvalue weighted by Gasteiger charge is -2.08. The molecule has 2 aromatic rings. The molecule has 0 bridgehead atoms. The van der Waals surface area contributed by atoms with E-state index in [0.717, 1.165) is 12.2 Å². The normalized spacial score (nSPS) is 10.3. The molecule has 2 rings (SSSR count). The van der Waals surface area contributed by atoms with Gasteiger partial charge >= 0.3 is 0 Å². The summed E-state index contributed by atoms with van der Waals surface area (Å²) in [7, 11) is 0. The van der Waals surface area contributed by atoms with Gasteiger partial charge in [-0.15, -0.1) is 11.3 Å². The van der Waals surface area contributed by atoms with Gasteiger partial charge in [-0.3, -0.25) is 0 Å². The molecule has 0 aliphatic heterocycles. The summed E-state index contributed by atoms with van der Waals surface area (Å²) in [4.78, 5) is 4.23. The van der Waals surface area contributed by atoms with Crippen LogP contribution in [0.4, 0.5) is 5.69 Å². The summed E-state index contributed by atoms with van der Waals surface area (Å²) in [5, 5.41) is 5.45. The van der Waals surface area contributed by atoms with Crippen molar-refractivity contribution in [1.82, 2.24) is 4.98 Å². The Balaban J connectivity index is 2.05. The van der Waals surface area contributed by atoms with Gasteiger partial charge in [0, 0.05) is 14.6 Å². The van der Waals surface area contributed by atoms with Crippen LogP contribution in [0.2, 0.25) is 0 Å². The Morgan fingerprint density at radius 2 is 2.33 bits per heavy atom. The van der Waals surface area contributed by atoms with Gasteiger partial charge in [0.2, 0.25) is 0 Å². The largest absolute Gasteiger partial charge is 0.379 e. The maximum absolute atomic E-state index is 4.23. The molecule has 2 nitrogen and oxygen atoms in total. The van der Waals surface area contributed by atoms with E-state index >= 15 is 0 Å². The Labute approximate surface area is 107 Å². The number of aryl methyl sites for hydroxylation is 1. The molecule has 0 unspecified atom stereocenters. The molecule has 0 spiro atoms. The highest BCUT2D eigenvalue weighted by Crippen LogP contribution is 2.18. The fourth-order valence-corrected chi connectivity index (χ4v) is 2.54. The summed E-state index contributed by atoms with van der Waals surface area (Å²) < 4.78 is 1.27. The Bertz CT molecular complexity index is 440. The molecule has 0 radical (unpaired) electrons. The van der Waals surface area contributed by atoms with Crippen LogP contribution in [0, 0.1) is 10.5 Å². The average Bonchev–Trinajstić information content (AvgIpc) is 2.69. The molecule has 0 saturated carbocycles. The first-order valence-corrected chi connectivity index (χ1v) is 6.65. The van der Waals surface area contributed by atoms with Crippen molar-refractivity contribution in [2.45, 2.75) is 13.5 Å². The minimum absolute atomic E-state index is 0.797. The van der Waals surface area contributed by atoms with Gasteiger partial charge in [0.1, 0.15) is 0 Å². The zero-order valence-electron chi connectivity index (χ0n) is 8.33. The van der Waals surface area contributed by atoms with Crippen LogP contribution in [0.5, 0.6) is 0 Å². The number of anilines is 1. The predicted molar refractivity (Wildman–Crippen MR) is 73.3 cm³/mol. The van der Waals surface area contributed by atoms with Gasteiger partial charge in [-0.25, -0.2) is 4.98 Å². The van der Waals surface area contributed by atoms with Crippen LogP contribution < -0.4 is 5.32 Å². The van der Waals surface area contributed by atoms with Gasteiger partial charge in [-0.1, -0.05) is 0 Å². The number of nitrogens with one attached hydrogen (secondary N) is 1. The minimum atomic E-state index is 0.797. The number of rotatable bonds is 3. The molecule has 1 N–H and O–H groups in total. The molecule has 1 heterocycles. The van der Waals surface area contributed by atoms with E-state index in [4.69, 9.17) is 0 Å². The molecule has 4 heteroatoms.